The molecule has 0 saturated heterocycles. The summed E-state index contributed by atoms with van der Waals surface area (Å²) < 4.78 is 21.6. The van der Waals surface area contributed by atoms with Crippen LogP contribution in [0.15, 0.2) is 36.4 Å². The highest BCUT2D eigenvalue weighted by Crippen LogP contribution is 2.32. The maximum absolute atomic E-state index is 12.4. The van der Waals surface area contributed by atoms with E-state index in [1.807, 2.05) is 0 Å². The number of amides is 1. The summed E-state index contributed by atoms with van der Waals surface area (Å²) in [5.74, 6) is 1.72. The van der Waals surface area contributed by atoms with Crippen LogP contribution in [-0.4, -0.2) is 38.6 Å². The van der Waals surface area contributed by atoms with Gasteiger partial charge in [0.2, 0.25) is 0 Å². The Labute approximate surface area is 150 Å². The van der Waals surface area contributed by atoms with Crippen LogP contribution >= 0.6 is 0 Å². The van der Waals surface area contributed by atoms with Crippen LogP contribution < -0.4 is 24.3 Å². The predicted octanol–water partition coefficient (Wildman–Crippen LogP) is 2.68. The van der Waals surface area contributed by atoms with Crippen molar-refractivity contribution in [3.63, 3.8) is 0 Å². The van der Waals surface area contributed by atoms with Crippen LogP contribution in [0, 0.1) is 0 Å². The number of fused-ring (bicyclic) bond motifs is 1. The summed E-state index contributed by atoms with van der Waals surface area (Å²) in [5.41, 5.74) is 0.878. The molecule has 0 radical (unpaired) electrons. The van der Waals surface area contributed by atoms with Crippen molar-refractivity contribution in [1.29, 1.82) is 0 Å². The third kappa shape index (κ3) is 3.88. The molecule has 0 spiro atoms. The molecule has 7 nitrogen and oxygen atoms in total. The van der Waals surface area contributed by atoms with E-state index in [1.165, 1.54) is 7.11 Å². The summed E-state index contributed by atoms with van der Waals surface area (Å²) in [6, 6.07) is 9.97. The van der Waals surface area contributed by atoms with E-state index in [2.05, 4.69) is 5.32 Å². The summed E-state index contributed by atoms with van der Waals surface area (Å²) in [7, 11) is 1.51. The first-order valence-corrected chi connectivity index (χ1v) is 8.11. The molecule has 0 bridgehead atoms. The molecule has 0 aliphatic carbocycles. The molecule has 0 unspecified atom stereocenters. The van der Waals surface area contributed by atoms with Gasteiger partial charge in [-0.15, -0.1) is 0 Å². The average Bonchev–Trinajstić information content (AvgIpc) is 2.68. The fourth-order valence-electron chi connectivity index (χ4n) is 2.46. The van der Waals surface area contributed by atoms with Crippen LogP contribution in [-0.2, 0) is 4.79 Å². The monoisotopic (exact) mass is 357 g/mol. The van der Waals surface area contributed by atoms with E-state index >= 15 is 0 Å². The lowest BCUT2D eigenvalue weighted by molar-refractivity contribution is -0.122. The summed E-state index contributed by atoms with van der Waals surface area (Å²) in [4.78, 5) is 23.6. The number of ether oxygens (including phenoxy) is 4. The molecular weight excluding hydrogens is 338 g/mol. The Morgan fingerprint density at radius 1 is 1.15 bits per heavy atom. The predicted molar refractivity (Wildman–Crippen MR) is 94.5 cm³/mol. The number of carbonyl (C=O) groups is 2. The Kier molecular flexibility index (Phi) is 5.26. The lowest BCUT2D eigenvalue weighted by Crippen LogP contribution is -2.30. The Balaban J connectivity index is 1.67. The van der Waals surface area contributed by atoms with Gasteiger partial charge in [0.15, 0.2) is 23.9 Å². The highest BCUT2D eigenvalue weighted by molar-refractivity contribution is 5.94. The maximum Gasteiger partial charge on any atom is 0.265 e. The van der Waals surface area contributed by atoms with E-state index in [-0.39, 0.29) is 5.91 Å². The molecule has 0 saturated carbocycles. The molecule has 1 amide bonds. The first-order valence-electron chi connectivity index (χ1n) is 8.11. The van der Waals surface area contributed by atoms with Gasteiger partial charge in [-0.2, -0.15) is 0 Å². The second-order valence-corrected chi connectivity index (χ2v) is 5.63. The molecule has 0 aromatic heterocycles. The van der Waals surface area contributed by atoms with Gasteiger partial charge in [0, 0.05) is 11.8 Å². The Bertz CT molecular complexity index is 820. The Morgan fingerprint density at radius 2 is 1.92 bits per heavy atom. The number of carbonyl (C=O) groups excluding carboxylic acids is 2. The molecule has 2 aromatic carbocycles. The van der Waals surface area contributed by atoms with E-state index in [1.54, 1.807) is 43.3 Å². The molecule has 0 fully saturated rings. The highest BCUT2D eigenvalue weighted by atomic mass is 16.6. The Hall–Kier alpha value is -3.22. The van der Waals surface area contributed by atoms with Crippen molar-refractivity contribution in [3.05, 3.63) is 42.0 Å². The maximum atomic E-state index is 12.4. The molecule has 1 aliphatic rings. The van der Waals surface area contributed by atoms with Gasteiger partial charge >= 0.3 is 0 Å². The normalized spacial score (nSPS) is 13.5. The lowest BCUT2D eigenvalue weighted by Gasteiger charge is -2.20. The van der Waals surface area contributed by atoms with Gasteiger partial charge in [-0.3, -0.25) is 9.59 Å². The minimum Gasteiger partial charge on any atom is -0.497 e. The lowest BCUT2D eigenvalue weighted by atomic mass is 10.2. The van der Waals surface area contributed by atoms with E-state index in [0.29, 0.717) is 53.7 Å². The summed E-state index contributed by atoms with van der Waals surface area (Å²) in [6.07, 6.45) is -0.154. The van der Waals surface area contributed by atoms with Crippen LogP contribution in [0.4, 0.5) is 5.69 Å². The first-order chi connectivity index (χ1) is 12.6. The third-order valence-corrected chi connectivity index (χ3v) is 3.83. The van der Waals surface area contributed by atoms with Gasteiger partial charge in [-0.05, 0) is 37.3 Å². The van der Waals surface area contributed by atoms with Crippen LogP contribution in [0.3, 0.4) is 0 Å². The molecular formula is C19H19NO6. The van der Waals surface area contributed by atoms with Crippen LogP contribution in [0.25, 0.3) is 0 Å². The molecule has 7 heteroatoms. The van der Waals surface area contributed by atoms with E-state index in [0.717, 1.165) is 0 Å². The number of hydrogen-bond donors (Lipinski definition) is 1. The van der Waals surface area contributed by atoms with Crippen molar-refractivity contribution >= 4 is 17.9 Å². The number of hydrogen-bond acceptors (Lipinski definition) is 6. The standard InChI is InChI=1S/C19H19NO6/c1-12(26-16-6-4-15(23-2)9-13(16)11-21)19(22)20-14-3-5-17-18(10-14)25-8-7-24-17/h3-6,9-12H,7-8H2,1-2H3,(H,20,22)/t12-/m1/s1. The second-order valence-electron chi connectivity index (χ2n) is 5.63. The van der Waals surface area contributed by atoms with Gasteiger partial charge in [0.25, 0.3) is 5.91 Å². The van der Waals surface area contributed by atoms with Crippen molar-refractivity contribution in [2.45, 2.75) is 13.0 Å². The number of rotatable bonds is 6. The largest absolute Gasteiger partial charge is 0.497 e. The SMILES string of the molecule is COc1ccc(O[C@H](C)C(=O)Nc2ccc3c(c2)OCCO3)c(C=O)c1. The van der Waals surface area contributed by atoms with Crippen LogP contribution in [0.1, 0.15) is 17.3 Å². The van der Waals surface area contributed by atoms with E-state index in [4.69, 9.17) is 18.9 Å². The van der Waals surface area contributed by atoms with Crippen molar-refractivity contribution < 1.29 is 28.5 Å². The number of anilines is 1. The van der Waals surface area contributed by atoms with Crippen molar-refractivity contribution in [2.75, 3.05) is 25.6 Å². The fourth-order valence-corrected chi connectivity index (χ4v) is 2.46. The van der Waals surface area contributed by atoms with Gasteiger partial charge in [-0.25, -0.2) is 0 Å². The topological polar surface area (TPSA) is 83.1 Å². The van der Waals surface area contributed by atoms with E-state index in [9.17, 15) is 9.59 Å². The fraction of sp³-hybridized carbons (Fsp3) is 0.263. The first kappa shape index (κ1) is 17.6. The van der Waals surface area contributed by atoms with Crippen molar-refractivity contribution in [3.8, 4) is 23.0 Å². The number of aldehydes is 1. The zero-order valence-corrected chi connectivity index (χ0v) is 14.5. The number of nitrogens with one attached hydrogen (secondary N) is 1. The minimum atomic E-state index is -0.810. The van der Waals surface area contributed by atoms with Crippen molar-refractivity contribution in [2.24, 2.45) is 0 Å². The van der Waals surface area contributed by atoms with Crippen molar-refractivity contribution in [1.82, 2.24) is 0 Å². The number of methoxy groups -OCH3 is 1. The summed E-state index contributed by atoms with van der Waals surface area (Å²) in [6.45, 7) is 2.58. The second kappa shape index (κ2) is 7.77. The summed E-state index contributed by atoms with van der Waals surface area (Å²) >= 11 is 0. The Morgan fingerprint density at radius 3 is 2.65 bits per heavy atom. The average molecular weight is 357 g/mol. The molecule has 1 N–H and O–H groups in total. The van der Waals surface area contributed by atoms with E-state index < -0.39 is 6.10 Å². The zero-order chi connectivity index (χ0) is 18.5. The third-order valence-electron chi connectivity index (χ3n) is 3.83. The molecule has 1 atom stereocenters. The quantitative estimate of drug-likeness (QED) is 0.801. The smallest absolute Gasteiger partial charge is 0.265 e. The van der Waals surface area contributed by atoms with Gasteiger partial charge in [0.05, 0.1) is 12.7 Å². The molecule has 1 heterocycles. The van der Waals surface area contributed by atoms with Crippen LogP contribution in [0.5, 0.6) is 23.0 Å². The van der Waals surface area contributed by atoms with Crippen LogP contribution in [0.2, 0.25) is 0 Å². The minimum absolute atomic E-state index is 0.309. The molecule has 3 rings (SSSR count). The molecule has 26 heavy (non-hydrogen) atoms. The number of benzene rings is 2. The van der Waals surface area contributed by atoms with Gasteiger partial charge in [0.1, 0.15) is 24.7 Å². The molecule has 136 valence electrons. The highest BCUT2D eigenvalue weighted by Gasteiger charge is 2.18. The van der Waals surface area contributed by atoms with Gasteiger partial charge in [-0.1, -0.05) is 0 Å². The molecule has 2 aromatic rings. The zero-order valence-electron chi connectivity index (χ0n) is 14.5. The van der Waals surface area contributed by atoms with Gasteiger partial charge < -0.3 is 24.3 Å². The molecule has 1 aliphatic heterocycles. The summed E-state index contributed by atoms with van der Waals surface area (Å²) in [5, 5.41) is 2.76.